The van der Waals surface area contributed by atoms with Crippen molar-refractivity contribution in [3.63, 3.8) is 0 Å². The number of nitrogens with zero attached hydrogens (tertiary/aromatic N) is 2. The number of carboxylic acids is 1. The van der Waals surface area contributed by atoms with E-state index in [4.69, 9.17) is 5.11 Å². The minimum atomic E-state index is -1.06. The lowest BCUT2D eigenvalue weighted by atomic mass is 10.2. The minimum absolute atomic E-state index is 0.0795. The van der Waals surface area contributed by atoms with E-state index in [2.05, 4.69) is 4.98 Å². The Kier molecular flexibility index (Phi) is 4.63. The van der Waals surface area contributed by atoms with E-state index in [1.165, 1.54) is 18.3 Å². The van der Waals surface area contributed by atoms with E-state index in [1.807, 2.05) is 13.8 Å². The quantitative estimate of drug-likeness (QED) is 0.843. The van der Waals surface area contributed by atoms with Gasteiger partial charge in [0.1, 0.15) is 5.69 Å². The molecule has 1 amide bonds. The van der Waals surface area contributed by atoms with Gasteiger partial charge in [0.05, 0.1) is 5.56 Å². The zero-order chi connectivity index (χ0) is 12.8. The average molecular weight is 236 g/mol. The number of carbonyl (C=O) groups excluding carboxylic acids is 1. The number of aromatic carboxylic acids is 1. The monoisotopic (exact) mass is 236 g/mol. The highest BCUT2D eigenvalue weighted by Crippen LogP contribution is 2.06. The Bertz CT molecular complexity index is 418. The standard InChI is InChI=1S/C12H16N2O3/c1-3-7-14(4-2)11(15)10-8-9(12(16)17)5-6-13-10/h5-6,8H,3-4,7H2,1-2H3,(H,16,17). The molecule has 0 saturated heterocycles. The molecule has 1 aromatic heterocycles. The summed E-state index contributed by atoms with van der Waals surface area (Å²) in [5.74, 6) is -1.28. The fourth-order valence-electron chi connectivity index (χ4n) is 1.52. The molecule has 0 aliphatic rings. The Morgan fingerprint density at radius 3 is 2.65 bits per heavy atom. The molecular weight excluding hydrogens is 220 g/mol. The van der Waals surface area contributed by atoms with Gasteiger partial charge in [-0.05, 0) is 25.5 Å². The van der Waals surface area contributed by atoms with Crippen molar-refractivity contribution in [1.82, 2.24) is 9.88 Å². The normalized spacial score (nSPS) is 10.0. The van der Waals surface area contributed by atoms with Gasteiger partial charge in [-0.2, -0.15) is 0 Å². The Balaban J connectivity index is 2.95. The smallest absolute Gasteiger partial charge is 0.335 e. The number of hydrogen-bond acceptors (Lipinski definition) is 3. The van der Waals surface area contributed by atoms with Crippen LogP contribution in [0.15, 0.2) is 18.3 Å². The first-order chi connectivity index (χ1) is 8.10. The fourth-order valence-corrected chi connectivity index (χ4v) is 1.52. The second-order valence-electron chi connectivity index (χ2n) is 3.62. The van der Waals surface area contributed by atoms with E-state index >= 15 is 0 Å². The van der Waals surface area contributed by atoms with Gasteiger partial charge in [0.2, 0.25) is 0 Å². The molecule has 0 aliphatic heterocycles. The number of carboxylic acid groups (broad SMARTS) is 1. The molecule has 0 radical (unpaired) electrons. The summed E-state index contributed by atoms with van der Waals surface area (Å²) in [7, 11) is 0. The number of aromatic nitrogens is 1. The molecule has 0 unspecified atom stereocenters. The molecule has 1 heterocycles. The largest absolute Gasteiger partial charge is 0.478 e. The van der Waals surface area contributed by atoms with Crippen molar-refractivity contribution in [3.05, 3.63) is 29.6 Å². The molecule has 0 bridgehead atoms. The summed E-state index contributed by atoms with van der Waals surface area (Å²) in [6, 6.07) is 2.68. The number of carbonyl (C=O) groups is 2. The first kappa shape index (κ1) is 13.2. The molecule has 1 aromatic rings. The Morgan fingerprint density at radius 2 is 2.12 bits per heavy atom. The van der Waals surface area contributed by atoms with Crippen LogP contribution in [0.3, 0.4) is 0 Å². The maximum Gasteiger partial charge on any atom is 0.335 e. The minimum Gasteiger partial charge on any atom is -0.478 e. The van der Waals surface area contributed by atoms with Crippen LogP contribution in [0.2, 0.25) is 0 Å². The third-order valence-corrected chi connectivity index (χ3v) is 2.39. The molecule has 0 spiro atoms. The summed E-state index contributed by atoms with van der Waals surface area (Å²) < 4.78 is 0. The van der Waals surface area contributed by atoms with E-state index in [9.17, 15) is 9.59 Å². The van der Waals surface area contributed by atoms with Gasteiger partial charge in [0.15, 0.2) is 0 Å². The maximum absolute atomic E-state index is 12.0. The molecule has 0 aromatic carbocycles. The molecule has 1 N–H and O–H groups in total. The van der Waals surface area contributed by atoms with Crippen molar-refractivity contribution >= 4 is 11.9 Å². The second-order valence-corrected chi connectivity index (χ2v) is 3.62. The van der Waals surface area contributed by atoms with Crippen molar-refractivity contribution in [1.29, 1.82) is 0 Å². The van der Waals surface area contributed by atoms with Gasteiger partial charge in [-0.1, -0.05) is 6.92 Å². The van der Waals surface area contributed by atoms with Gasteiger partial charge in [-0.3, -0.25) is 9.78 Å². The van der Waals surface area contributed by atoms with E-state index < -0.39 is 5.97 Å². The Morgan fingerprint density at radius 1 is 1.41 bits per heavy atom. The van der Waals surface area contributed by atoms with Gasteiger partial charge in [-0.15, -0.1) is 0 Å². The highest BCUT2D eigenvalue weighted by molar-refractivity contribution is 5.95. The molecule has 17 heavy (non-hydrogen) atoms. The number of amides is 1. The first-order valence-corrected chi connectivity index (χ1v) is 5.58. The summed E-state index contributed by atoms with van der Waals surface area (Å²) in [6.07, 6.45) is 2.20. The summed E-state index contributed by atoms with van der Waals surface area (Å²) >= 11 is 0. The second kappa shape index (κ2) is 5.98. The third-order valence-electron chi connectivity index (χ3n) is 2.39. The molecule has 0 fully saturated rings. The highest BCUT2D eigenvalue weighted by atomic mass is 16.4. The van der Waals surface area contributed by atoms with Gasteiger partial charge in [-0.25, -0.2) is 4.79 Å². The lowest BCUT2D eigenvalue weighted by Crippen LogP contribution is -2.32. The van der Waals surface area contributed by atoms with Crippen LogP contribution in [0.5, 0.6) is 0 Å². The van der Waals surface area contributed by atoms with Crippen molar-refractivity contribution in [3.8, 4) is 0 Å². The lowest BCUT2D eigenvalue weighted by molar-refractivity contribution is 0.0696. The third kappa shape index (κ3) is 3.27. The molecular formula is C12H16N2O3. The van der Waals surface area contributed by atoms with Crippen LogP contribution < -0.4 is 0 Å². The predicted octanol–water partition coefficient (Wildman–Crippen LogP) is 1.65. The topological polar surface area (TPSA) is 70.5 Å². The number of rotatable bonds is 5. The first-order valence-electron chi connectivity index (χ1n) is 5.58. The summed E-state index contributed by atoms with van der Waals surface area (Å²) in [5, 5.41) is 8.84. The van der Waals surface area contributed by atoms with E-state index in [0.717, 1.165) is 6.42 Å². The van der Waals surface area contributed by atoms with Crippen LogP contribution in [0.25, 0.3) is 0 Å². The predicted molar refractivity (Wildman–Crippen MR) is 63.1 cm³/mol. The molecule has 0 saturated carbocycles. The molecule has 0 atom stereocenters. The van der Waals surface area contributed by atoms with Crippen molar-refractivity contribution in [2.45, 2.75) is 20.3 Å². The summed E-state index contributed by atoms with van der Waals surface area (Å²) in [5.41, 5.74) is 0.260. The number of pyridine rings is 1. The molecule has 0 aliphatic carbocycles. The molecule has 1 rings (SSSR count). The highest BCUT2D eigenvalue weighted by Gasteiger charge is 2.16. The Hall–Kier alpha value is -1.91. The SMILES string of the molecule is CCCN(CC)C(=O)c1cc(C(=O)O)ccn1. The van der Waals surface area contributed by atoms with Crippen LogP contribution in [-0.4, -0.2) is 40.0 Å². The van der Waals surface area contributed by atoms with E-state index in [-0.39, 0.29) is 17.2 Å². The van der Waals surface area contributed by atoms with Crippen molar-refractivity contribution in [2.24, 2.45) is 0 Å². The summed E-state index contributed by atoms with van der Waals surface area (Å²) in [4.78, 5) is 28.4. The van der Waals surface area contributed by atoms with Crippen LogP contribution in [-0.2, 0) is 0 Å². The van der Waals surface area contributed by atoms with Gasteiger partial charge < -0.3 is 10.0 Å². The molecule has 5 heteroatoms. The van der Waals surface area contributed by atoms with E-state index in [1.54, 1.807) is 4.90 Å². The van der Waals surface area contributed by atoms with Crippen LogP contribution >= 0.6 is 0 Å². The molecule has 92 valence electrons. The average Bonchev–Trinajstić information content (AvgIpc) is 2.35. The van der Waals surface area contributed by atoms with Gasteiger partial charge >= 0.3 is 5.97 Å². The van der Waals surface area contributed by atoms with Crippen LogP contribution in [0, 0.1) is 0 Å². The summed E-state index contributed by atoms with van der Waals surface area (Å²) in [6.45, 7) is 5.10. The molecule has 5 nitrogen and oxygen atoms in total. The van der Waals surface area contributed by atoms with E-state index in [0.29, 0.717) is 13.1 Å². The lowest BCUT2D eigenvalue weighted by Gasteiger charge is -2.19. The van der Waals surface area contributed by atoms with Gasteiger partial charge in [0, 0.05) is 19.3 Å². The fraction of sp³-hybridized carbons (Fsp3) is 0.417. The van der Waals surface area contributed by atoms with Crippen molar-refractivity contribution < 1.29 is 14.7 Å². The van der Waals surface area contributed by atoms with Crippen LogP contribution in [0.4, 0.5) is 0 Å². The van der Waals surface area contributed by atoms with Crippen molar-refractivity contribution in [2.75, 3.05) is 13.1 Å². The maximum atomic E-state index is 12.0. The zero-order valence-electron chi connectivity index (χ0n) is 10.0. The van der Waals surface area contributed by atoms with Gasteiger partial charge in [0.25, 0.3) is 5.91 Å². The zero-order valence-corrected chi connectivity index (χ0v) is 10.0. The van der Waals surface area contributed by atoms with Crippen LogP contribution in [0.1, 0.15) is 41.1 Å². The Labute approximate surface area is 100 Å². The number of hydrogen-bond donors (Lipinski definition) is 1.